The van der Waals surface area contributed by atoms with Crippen LogP contribution < -0.4 is 5.32 Å². The van der Waals surface area contributed by atoms with Crippen LogP contribution >= 0.6 is 0 Å². The predicted molar refractivity (Wildman–Crippen MR) is 72.3 cm³/mol. The number of rotatable bonds is 6. The zero-order valence-electron chi connectivity index (χ0n) is 11.6. The normalized spacial score (nSPS) is 11.6. The second-order valence-electron chi connectivity index (χ2n) is 5.48. The summed E-state index contributed by atoms with van der Waals surface area (Å²) < 4.78 is 13.2. The van der Waals surface area contributed by atoms with Crippen molar-refractivity contribution >= 4 is 5.78 Å². The number of benzene rings is 1. The second-order valence-corrected chi connectivity index (χ2v) is 5.48. The van der Waals surface area contributed by atoms with Gasteiger partial charge in [0.05, 0.1) is 0 Å². The Morgan fingerprint density at radius 3 is 2.61 bits per heavy atom. The van der Waals surface area contributed by atoms with Crippen molar-refractivity contribution in [3.05, 3.63) is 35.1 Å². The smallest absolute Gasteiger partial charge is 0.131 e. The molecule has 0 heterocycles. The van der Waals surface area contributed by atoms with Crippen molar-refractivity contribution < 1.29 is 9.18 Å². The minimum absolute atomic E-state index is 0.0742. The second kappa shape index (κ2) is 6.10. The van der Waals surface area contributed by atoms with Crippen LogP contribution in [-0.2, 0) is 10.2 Å². The summed E-state index contributed by atoms with van der Waals surface area (Å²) in [6.07, 6.45) is 0.554. The first kappa shape index (κ1) is 14.8. The third-order valence-corrected chi connectivity index (χ3v) is 3.16. The number of ketones is 1. The highest BCUT2D eigenvalue weighted by atomic mass is 19.1. The molecule has 1 N–H and O–H groups in total. The highest BCUT2D eigenvalue weighted by Crippen LogP contribution is 2.24. The van der Waals surface area contributed by atoms with E-state index in [9.17, 15) is 9.18 Å². The molecule has 0 amide bonds. The van der Waals surface area contributed by atoms with Crippen LogP contribution in [0.4, 0.5) is 4.39 Å². The van der Waals surface area contributed by atoms with Gasteiger partial charge in [0.1, 0.15) is 11.6 Å². The summed E-state index contributed by atoms with van der Waals surface area (Å²) in [7, 11) is 0. The van der Waals surface area contributed by atoms with Crippen molar-refractivity contribution in [2.45, 2.75) is 39.5 Å². The van der Waals surface area contributed by atoms with Crippen LogP contribution in [0.2, 0.25) is 0 Å². The highest BCUT2D eigenvalue weighted by Gasteiger charge is 2.20. The molecule has 0 atom stereocenters. The van der Waals surface area contributed by atoms with E-state index in [0.29, 0.717) is 18.5 Å². The first-order valence-electron chi connectivity index (χ1n) is 6.30. The van der Waals surface area contributed by atoms with E-state index in [0.717, 1.165) is 12.1 Å². The van der Waals surface area contributed by atoms with Crippen LogP contribution in [-0.4, -0.2) is 18.9 Å². The van der Waals surface area contributed by atoms with Gasteiger partial charge in [0.2, 0.25) is 0 Å². The lowest BCUT2D eigenvalue weighted by Crippen LogP contribution is -2.34. The fourth-order valence-electron chi connectivity index (χ4n) is 1.83. The zero-order chi connectivity index (χ0) is 13.8. The minimum atomic E-state index is -0.168. The summed E-state index contributed by atoms with van der Waals surface area (Å²) >= 11 is 0. The van der Waals surface area contributed by atoms with E-state index in [4.69, 9.17) is 0 Å². The molecule has 2 nitrogen and oxygen atoms in total. The van der Waals surface area contributed by atoms with E-state index < -0.39 is 0 Å². The molecule has 1 aromatic rings. The van der Waals surface area contributed by atoms with Gasteiger partial charge in [-0.1, -0.05) is 26.0 Å². The molecule has 0 fully saturated rings. The summed E-state index contributed by atoms with van der Waals surface area (Å²) in [5, 5.41) is 3.27. The lowest BCUT2D eigenvalue weighted by Gasteiger charge is -2.26. The molecule has 100 valence electrons. The molecular weight excluding hydrogens is 229 g/mol. The topological polar surface area (TPSA) is 29.1 Å². The molecule has 0 saturated heterocycles. The Morgan fingerprint density at radius 2 is 2.06 bits per heavy atom. The van der Waals surface area contributed by atoms with E-state index in [-0.39, 0.29) is 17.0 Å². The van der Waals surface area contributed by atoms with E-state index in [1.165, 1.54) is 6.07 Å². The van der Waals surface area contributed by atoms with Crippen LogP contribution in [0, 0.1) is 12.7 Å². The fraction of sp³-hybridized carbons (Fsp3) is 0.533. The molecule has 0 saturated carbocycles. The molecule has 0 spiro atoms. The Labute approximate surface area is 109 Å². The summed E-state index contributed by atoms with van der Waals surface area (Å²) in [4.78, 5) is 10.8. The van der Waals surface area contributed by atoms with Gasteiger partial charge in [0, 0.05) is 24.9 Å². The molecule has 0 aliphatic heterocycles. The number of carbonyl (C=O) groups is 1. The third-order valence-electron chi connectivity index (χ3n) is 3.16. The van der Waals surface area contributed by atoms with E-state index in [1.807, 2.05) is 12.1 Å². The molecule has 18 heavy (non-hydrogen) atoms. The predicted octanol–water partition coefficient (Wildman–Crippen LogP) is 2.98. The largest absolute Gasteiger partial charge is 0.315 e. The lowest BCUT2D eigenvalue weighted by atomic mass is 9.84. The number of hydrogen-bond donors (Lipinski definition) is 1. The average molecular weight is 251 g/mol. The molecule has 0 aliphatic rings. The summed E-state index contributed by atoms with van der Waals surface area (Å²) in [6.45, 7) is 9.05. The number of carbonyl (C=O) groups excluding carboxylic acids is 1. The summed E-state index contributed by atoms with van der Waals surface area (Å²) in [5.74, 6) is 0.0250. The van der Waals surface area contributed by atoms with Crippen molar-refractivity contribution in [3.8, 4) is 0 Å². The molecule has 0 aliphatic carbocycles. The Kier molecular flexibility index (Phi) is 5.03. The van der Waals surface area contributed by atoms with E-state index in [1.54, 1.807) is 13.8 Å². The fourth-order valence-corrected chi connectivity index (χ4v) is 1.83. The Morgan fingerprint density at radius 1 is 1.39 bits per heavy atom. The van der Waals surface area contributed by atoms with Gasteiger partial charge < -0.3 is 5.32 Å². The molecule has 1 aromatic carbocycles. The Hall–Kier alpha value is -1.22. The SMILES string of the molecule is CC(=O)CCNCC(C)(C)c1ccc(F)c(C)c1. The van der Waals surface area contributed by atoms with E-state index >= 15 is 0 Å². The van der Waals surface area contributed by atoms with Crippen molar-refractivity contribution in [3.63, 3.8) is 0 Å². The van der Waals surface area contributed by atoms with Crippen LogP contribution in [0.5, 0.6) is 0 Å². The van der Waals surface area contributed by atoms with Crippen LogP contribution in [0.25, 0.3) is 0 Å². The monoisotopic (exact) mass is 251 g/mol. The minimum Gasteiger partial charge on any atom is -0.315 e. The molecule has 3 heteroatoms. The number of Topliss-reactive ketones (excluding diaryl/α,β-unsaturated/α-hetero) is 1. The molecule has 0 unspecified atom stereocenters. The molecule has 0 radical (unpaired) electrons. The van der Waals surface area contributed by atoms with Gasteiger partial charge in [-0.05, 0) is 31.0 Å². The first-order valence-corrected chi connectivity index (χ1v) is 6.30. The molecule has 1 rings (SSSR count). The van der Waals surface area contributed by atoms with Gasteiger partial charge in [-0.2, -0.15) is 0 Å². The summed E-state index contributed by atoms with van der Waals surface area (Å²) in [6, 6.07) is 5.24. The molecule has 0 aromatic heterocycles. The van der Waals surface area contributed by atoms with Crippen molar-refractivity contribution in [2.75, 3.05) is 13.1 Å². The van der Waals surface area contributed by atoms with Gasteiger partial charge in [-0.3, -0.25) is 4.79 Å². The lowest BCUT2D eigenvalue weighted by molar-refractivity contribution is -0.116. The maximum Gasteiger partial charge on any atom is 0.131 e. The van der Waals surface area contributed by atoms with Crippen molar-refractivity contribution in [1.82, 2.24) is 5.32 Å². The standard InChI is InChI=1S/C15H22FNO/c1-11-9-13(5-6-14(11)16)15(3,4)10-17-8-7-12(2)18/h5-6,9,17H,7-8,10H2,1-4H3. The Bertz CT molecular complexity index is 427. The van der Waals surface area contributed by atoms with Gasteiger partial charge in [-0.25, -0.2) is 4.39 Å². The maximum absolute atomic E-state index is 13.2. The van der Waals surface area contributed by atoms with Crippen LogP contribution in [0.3, 0.4) is 0 Å². The molecule has 0 bridgehead atoms. The number of nitrogens with one attached hydrogen (secondary N) is 1. The van der Waals surface area contributed by atoms with Crippen LogP contribution in [0.15, 0.2) is 18.2 Å². The van der Waals surface area contributed by atoms with Gasteiger partial charge in [0.25, 0.3) is 0 Å². The van der Waals surface area contributed by atoms with Gasteiger partial charge >= 0.3 is 0 Å². The van der Waals surface area contributed by atoms with Crippen LogP contribution in [0.1, 0.15) is 38.3 Å². The average Bonchev–Trinajstić information content (AvgIpc) is 2.28. The number of hydrogen-bond acceptors (Lipinski definition) is 2. The quantitative estimate of drug-likeness (QED) is 0.787. The zero-order valence-corrected chi connectivity index (χ0v) is 11.6. The van der Waals surface area contributed by atoms with Crippen molar-refractivity contribution in [1.29, 1.82) is 0 Å². The summed E-state index contributed by atoms with van der Waals surface area (Å²) in [5.41, 5.74) is 1.70. The third kappa shape index (κ3) is 4.22. The highest BCUT2D eigenvalue weighted by molar-refractivity contribution is 5.75. The van der Waals surface area contributed by atoms with Gasteiger partial charge in [-0.15, -0.1) is 0 Å². The Balaban J connectivity index is 2.61. The number of aryl methyl sites for hydroxylation is 1. The molecular formula is C15H22FNO. The number of halogens is 1. The maximum atomic E-state index is 13.2. The van der Waals surface area contributed by atoms with E-state index in [2.05, 4.69) is 19.2 Å². The first-order chi connectivity index (χ1) is 8.33. The van der Waals surface area contributed by atoms with Gasteiger partial charge in [0.15, 0.2) is 0 Å². The van der Waals surface area contributed by atoms with Crippen molar-refractivity contribution in [2.24, 2.45) is 0 Å².